The zero-order chi connectivity index (χ0) is 31.6. The van der Waals surface area contributed by atoms with E-state index in [4.69, 9.17) is 9.97 Å². The summed E-state index contributed by atoms with van der Waals surface area (Å²) in [6.07, 6.45) is 1.13. The fourth-order valence-corrected chi connectivity index (χ4v) is 5.90. The van der Waals surface area contributed by atoms with E-state index in [-0.39, 0.29) is 22.0 Å². The summed E-state index contributed by atoms with van der Waals surface area (Å²) in [4.78, 5) is 18.7. The van der Waals surface area contributed by atoms with Crippen molar-refractivity contribution in [3.05, 3.63) is 105 Å². The molecule has 0 aliphatic heterocycles. The Morgan fingerprint density at radius 3 is 1.48 bits per heavy atom. The Labute approximate surface area is 259 Å². The summed E-state index contributed by atoms with van der Waals surface area (Å²) in [5.74, 6) is 0.915. The van der Waals surface area contributed by atoms with E-state index in [0.717, 1.165) is 39.6 Å². The first-order chi connectivity index (χ1) is 20.9. The molecule has 0 radical (unpaired) electrons. The molecule has 0 spiro atoms. The second-order valence-electron chi connectivity index (χ2n) is 11.6. The Balaban J connectivity index is 1.56. The van der Waals surface area contributed by atoms with Crippen LogP contribution in [-0.4, -0.2) is 34.6 Å². The molecule has 5 aromatic rings. The molecule has 44 heavy (non-hydrogen) atoms. The van der Waals surface area contributed by atoms with Crippen LogP contribution in [0, 0.1) is 41.5 Å². The van der Waals surface area contributed by atoms with Gasteiger partial charge in [-0.1, -0.05) is 71.3 Å². The molecular formula is C34H39N7O2S. The summed E-state index contributed by atoms with van der Waals surface area (Å²) >= 11 is 0. The summed E-state index contributed by atoms with van der Waals surface area (Å²) in [6.45, 7) is 13.7. The van der Waals surface area contributed by atoms with Crippen LogP contribution in [0.25, 0.3) is 11.2 Å². The molecule has 0 fully saturated rings. The van der Waals surface area contributed by atoms with Gasteiger partial charge in [-0.2, -0.15) is 9.97 Å². The molecule has 2 aromatic heterocycles. The van der Waals surface area contributed by atoms with Crippen LogP contribution in [0.15, 0.2) is 59.6 Å². The number of rotatable bonds is 10. The summed E-state index contributed by atoms with van der Waals surface area (Å²) in [5.41, 5.74) is 10.8. The summed E-state index contributed by atoms with van der Waals surface area (Å²) in [6, 6.07) is 18.7. The van der Waals surface area contributed by atoms with Gasteiger partial charge in [0.25, 0.3) is 0 Å². The van der Waals surface area contributed by atoms with Gasteiger partial charge in [-0.3, -0.25) is 0 Å². The first-order valence-electron chi connectivity index (χ1n) is 14.6. The van der Waals surface area contributed by atoms with Crippen molar-refractivity contribution < 1.29 is 8.42 Å². The molecule has 2 heterocycles. The van der Waals surface area contributed by atoms with Crippen molar-refractivity contribution in [2.24, 2.45) is 0 Å². The molecule has 3 N–H and O–H groups in total. The number of hydrogen-bond donors (Lipinski definition) is 3. The molecule has 3 aromatic carbocycles. The van der Waals surface area contributed by atoms with Crippen molar-refractivity contribution in [1.82, 2.24) is 19.9 Å². The average molecular weight is 610 g/mol. The van der Waals surface area contributed by atoms with Crippen LogP contribution in [0.4, 0.5) is 17.6 Å². The van der Waals surface area contributed by atoms with Gasteiger partial charge in [-0.05, 0) is 74.9 Å². The monoisotopic (exact) mass is 609 g/mol. The lowest BCUT2D eigenvalue weighted by Crippen LogP contribution is -2.14. The smallest absolute Gasteiger partial charge is 0.227 e. The zero-order valence-corrected chi connectivity index (χ0v) is 27.1. The van der Waals surface area contributed by atoms with Crippen molar-refractivity contribution in [1.29, 1.82) is 0 Å². The number of aryl methyl sites for hydroxylation is 6. The quantitative estimate of drug-likeness (QED) is 0.163. The van der Waals surface area contributed by atoms with E-state index in [1.807, 2.05) is 26.0 Å². The SMILES string of the molecule is Cc1ccc(CNc2nc(NCc3ccc(C)cc3C)c3nc(S(C)(=O)=O)c(NCc4ccc(C)cc4C)nc3n2)c(C)c1. The maximum absolute atomic E-state index is 13.0. The predicted molar refractivity (Wildman–Crippen MR) is 178 cm³/mol. The second-order valence-corrected chi connectivity index (χ2v) is 13.5. The van der Waals surface area contributed by atoms with E-state index in [2.05, 4.69) is 96.1 Å². The van der Waals surface area contributed by atoms with Gasteiger partial charge in [0, 0.05) is 25.9 Å². The van der Waals surface area contributed by atoms with Gasteiger partial charge in [0.05, 0.1) is 0 Å². The molecule has 0 saturated carbocycles. The number of fused-ring (bicyclic) bond motifs is 1. The van der Waals surface area contributed by atoms with Crippen LogP contribution in [-0.2, 0) is 29.5 Å². The number of hydrogen-bond acceptors (Lipinski definition) is 9. The minimum absolute atomic E-state index is 0.149. The predicted octanol–water partition coefficient (Wildman–Crippen LogP) is 6.51. The van der Waals surface area contributed by atoms with Gasteiger partial charge in [0.15, 0.2) is 37.7 Å². The standard InChI is InChI=1S/C34H39N7O2S/c1-20-8-11-26(23(4)14-20)17-35-30-29-31(41-34(40-30)37-19-28-13-10-22(3)16-25(28)6)39-32(33(38-29)44(7,42)43)36-18-27-12-9-21(2)15-24(27)5/h8-16H,17-19H2,1-7H3,(H3,35,36,37,39,40,41). The zero-order valence-electron chi connectivity index (χ0n) is 26.3. The topological polar surface area (TPSA) is 122 Å². The van der Waals surface area contributed by atoms with Crippen LogP contribution < -0.4 is 16.0 Å². The lowest BCUT2D eigenvalue weighted by molar-refractivity contribution is 0.598. The summed E-state index contributed by atoms with van der Waals surface area (Å²) < 4.78 is 25.9. The Kier molecular flexibility index (Phi) is 8.82. The lowest BCUT2D eigenvalue weighted by atomic mass is 10.1. The van der Waals surface area contributed by atoms with E-state index in [9.17, 15) is 8.42 Å². The van der Waals surface area contributed by atoms with Gasteiger partial charge in [0.1, 0.15) is 0 Å². The van der Waals surface area contributed by atoms with E-state index < -0.39 is 9.84 Å². The molecule has 9 nitrogen and oxygen atoms in total. The first kappa shape index (κ1) is 30.9. The number of anilines is 3. The van der Waals surface area contributed by atoms with E-state index in [0.29, 0.717) is 31.4 Å². The third-order valence-electron chi connectivity index (χ3n) is 7.67. The molecule has 228 valence electrons. The first-order valence-corrected chi connectivity index (χ1v) is 16.5. The molecule has 5 rings (SSSR count). The van der Waals surface area contributed by atoms with Crippen LogP contribution in [0.2, 0.25) is 0 Å². The molecular weight excluding hydrogens is 570 g/mol. The van der Waals surface area contributed by atoms with Crippen LogP contribution in [0.5, 0.6) is 0 Å². The Morgan fingerprint density at radius 1 is 0.568 bits per heavy atom. The molecule has 0 bridgehead atoms. The highest BCUT2D eigenvalue weighted by Crippen LogP contribution is 2.27. The third-order valence-corrected chi connectivity index (χ3v) is 8.66. The maximum Gasteiger partial charge on any atom is 0.227 e. The van der Waals surface area contributed by atoms with E-state index in [1.165, 1.54) is 16.7 Å². The molecule has 0 aliphatic carbocycles. The number of aromatic nitrogens is 4. The van der Waals surface area contributed by atoms with E-state index in [1.54, 1.807) is 0 Å². The number of nitrogens with one attached hydrogen (secondary N) is 3. The Hall–Kier alpha value is -4.57. The average Bonchev–Trinajstić information content (AvgIpc) is 2.94. The lowest BCUT2D eigenvalue weighted by Gasteiger charge is -2.16. The summed E-state index contributed by atoms with van der Waals surface area (Å²) in [7, 11) is -3.74. The van der Waals surface area contributed by atoms with Gasteiger partial charge >= 0.3 is 0 Å². The number of benzene rings is 3. The van der Waals surface area contributed by atoms with Crippen molar-refractivity contribution >= 4 is 38.6 Å². The van der Waals surface area contributed by atoms with Gasteiger partial charge in [-0.25, -0.2) is 18.4 Å². The van der Waals surface area contributed by atoms with Crippen molar-refractivity contribution in [3.8, 4) is 0 Å². The van der Waals surface area contributed by atoms with Crippen molar-refractivity contribution in [2.45, 2.75) is 66.2 Å². The fraction of sp³-hybridized carbons (Fsp3) is 0.294. The van der Waals surface area contributed by atoms with Crippen molar-refractivity contribution in [3.63, 3.8) is 0 Å². The largest absolute Gasteiger partial charge is 0.364 e. The van der Waals surface area contributed by atoms with E-state index >= 15 is 0 Å². The molecule has 0 saturated heterocycles. The molecule has 0 amide bonds. The van der Waals surface area contributed by atoms with Crippen LogP contribution in [0.1, 0.15) is 50.1 Å². The van der Waals surface area contributed by atoms with Crippen LogP contribution >= 0.6 is 0 Å². The number of sulfone groups is 1. The van der Waals surface area contributed by atoms with Crippen LogP contribution in [0.3, 0.4) is 0 Å². The molecule has 10 heteroatoms. The minimum Gasteiger partial charge on any atom is -0.364 e. The van der Waals surface area contributed by atoms with Gasteiger partial charge in [-0.15, -0.1) is 0 Å². The molecule has 0 aliphatic rings. The Bertz CT molecular complexity index is 1970. The van der Waals surface area contributed by atoms with Crippen molar-refractivity contribution in [2.75, 3.05) is 22.2 Å². The maximum atomic E-state index is 13.0. The number of nitrogens with zero attached hydrogens (tertiary/aromatic N) is 4. The highest BCUT2D eigenvalue weighted by Gasteiger charge is 2.22. The highest BCUT2D eigenvalue weighted by atomic mass is 32.2. The van der Waals surface area contributed by atoms with Gasteiger partial charge < -0.3 is 16.0 Å². The summed E-state index contributed by atoms with van der Waals surface area (Å²) in [5, 5.41) is 9.78. The molecule has 0 atom stereocenters. The fourth-order valence-electron chi connectivity index (χ4n) is 5.17. The minimum atomic E-state index is -3.74. The second kappa shape index (κ2) is 12.6. The molecule has 0 unspecified atom stereocenters. The normalized spacial score (nSPS) is 11.5. The Morgan fingerprint density at radius 2 is 1.02 bits per heavy atom. The highest BCUT2D eigenvalue weighted by molar-refractivity contribution is 7.90. The third kappa shape index (κ3) is 7.14. The van der Waals surface area contributed by atoms with Gasteiger partial charge in [0.2, 0.25) is 5.95 Å².